The molecule has 0 radical (unpaired) electrons. The second-order valence-corrected chi connectivity index (χ2v) is 6.58. The summed E-state index contributed by atoms with van der Waals surface area (Å²) in [7, 11) is 0. The zero-order valence-electron chi connectivity index (χ0n) is 15.4. The van der Waals surface area contributed by atoms with Crippen LogP contribution < -0.4 is 17.0 Å². The van der Waals surface area contributed by atoms with Gasteiger partial charge < -0.3 is 15.2 Å². The lowest BCUT2D eigenvalue weighted by Gasteiger charge is -2.18. The second-order valence-electron chi connectivity index (χ2n) is 6.58. The minimum atomic E-state index is -0.852. The first-order valence-electron chi connectivity index (χ1n) is 8.95. The van der Waals surface area contributed by atoms with Gasteiger partial charge in [0.1, 0.15) is 25.0 Å². The van der Waals surface area contributed by atoms with Gasteiger partial charge in [0.25, 0.3) is 5.56 Å². The molecule has 1 aliphatic heterocycles. The quantitative estimate of drug-likeness (QED) is 0.299. The molecule has 1 aliphatic rings. The van der Waals surface area contributed by atoms with Crippen LogP contribution >= 0.6 is 0 Å². The lowest BCUT2D eigenvalue weighted by Crippen LogP contribution is -2.37. The highest BCUT2D eigenvalue weighted by molar-refractivity contribution is 5.75. The Morgan fingerprint density at radius 2 is 2.14 bits per heavy atom. The third-order valence-corrected chi connectivity index (χ3v) is 4.56. The van der Waals surface area contributed by atoms with Gasteiger partial charge in [-0.1, -0.05) is 35.4 Å². The molecule has 1 aromatic carbocycles. The van der Waals surface area contributed by atoms with E-state index in [1.165, 1.54) is 16.8 Å². The van der Waals surface area contributed by atoms with Crippen molar-refractivity contribution in [3.8, 4) is 0 Å². The molecule has 0 bridgehead atoms. The maximum absolute atomic E-state index is 12.2. The smallest absolute Gasteiger partial charge is 0.330 e. The molecule has 152 valence electrons. The molecular formula is C18H20N6O5. The molecule has 2 aromatic rings. The van der Waals surface area contributed by atoms with E-state index in [2.05, 4.69) is 15.0 Å². The van der Waals surface area contributed by atoms with Gasteiger partial charge in [-0.2, -0.15) is 0 Å². The van der Waals surface area contributed by atoms with Crippen molar-refractivity contribution in [2.24, 2.45) is 10.8 Å². The van der Waals surface area contributed by atoms with Crippen molar-refractivity contribution in [2.45, 2.75) is 37.3 Å². The molecular weight excluding hydrogens is 380 g/mol. The number of carbonyl (C=O) groups excluding carboxylic acids is 1. The second kappa shape index (κ2) is 9.20. The summed E-state index contributed by atoms with van der Waals surface area (Å²) in [6, 6.07) is 8.96. The third kappa shape index (κ3) is 5.11. The van der Waals surface area contributed by atoms with E-state index >= 15 is 0 Å². The normalized spacial score (nSPS) is 21.9. The van der Waals surface area contributed by atoms with Crippen molar-refractivity contribution >= 4 is 5.97 Å². The van der Waals surface area contributed by atoms with E-state index in [0.29, 0.717) is 6.42 Å². The Bertz CT molecular complexity index is 1010. The van der Waals surface area contributed by atoms with E-state index in [-0.39, 0.29) is 13.0 Å². The van der Waals surface area contributed by atoms with Gasteiger partial charge in [-0.05, 0) is 17.5 Å². The lowest BCUT2D eigenvalue weighted by molar-refractivity contribution is -0.150. The zero-order chi connectivity index (χ0) is 20.8. The van der Waals surface area contributed by atoms with Crippen molar-refractivity contribution in [1.82, 2.24) is 9.55 Å². The number of aromatic nitrogens is 2. The summed E-state index contributed by atoms with van der Waals surface area (Å²) in [5.41, 5.74) is 14.4. The van der Waals surface area contributed by atoms with Crippen LogP contribution in [-0.2, 0) is 20.7 Å². The van der Waals surface area contributed by atoms with Crippen molar-refractivity contribution in [3.63, 3.8) is 0 Å². The van der Waals surface area contributed by atoms with E-state index < -0.39 is 41.6 Å². The van der Waals surface area contributed by atoms with Crippen LogP contribution in [0.15, 0.2) is 57.3 Å². The number of nitrogens with zero attached hydrogens (tertiary/aromatic N) is 4. The highest BCUT2D eigenvalue weighted by Gasteiger charge is 2.37. The summed E-state index contributed by atoms with van der Waals surface area (Å²) < 4.78 is 12.2. The number of carbonyl (C=O) groups is 1. The van der Waals surface area contributed by atoms with Crippen LogP contribution in [-0.4, -0.2) is 40.3 Å². The fourth-order valence-corrected chi connectivity index (χ4v) is 3.10. The first-order valence-corrected chi connectivity index (χ1v) is 8.95. The Labute approximate surface area is 164 Å². The molecule has 4 atom stereocenters. The highest BCUT2D eigenvalue weighted by Crippen LogP contribution is 2.30. The fourth-order valence-electron chi connectivity index (χ4n) is 3.10. The number of benzene rings is 1. The third-order valence-electron chi connectivity index (χ3n) is 4.56. The zero-order valence-corrected chi connectivity index (χ0v) is 15.4. The van der Waals surface area contributed by atoms with Gasteiger partial charge in [0.2, 0.25) is 0 Å². The molecule has 3 rings (SSSR count). The highest BCUT2D eigenvalue weighted by atomic mass is 16.6. The van der Waals surface area contributed by atoms with Crippen molar-refractivity contribution in [2.75, 3.05) is 6.61 Å². The van der Waals surface area contributed by atoms with Crippen molar-refractivity contribution < 1.29 is 14.3 Å². The van der Waals surface area contributed by atoms with Crippen LogP contribution in [0.2, 0.25) is 0 Å². The molecule has 1 saturated heterocycles. The van der Waals surface area contributed by atoms with Gasteiger partial charge >= 0.3 is 11.7 Å². The molecule has 11 heteroatoms. The number of azide groups is 1. The number of nitrogens with one attached hydrogen (secondary N) is 1. The molecule has 11 nitrogen and oxygen atoms in total. The predicted molar refractivity (Wildman–Crippen MR) is 102 cm³/mol. The molecule has 0 spiro atoms. The molecule has 1 aromatic heterocycles. The fraction of sp³-hybridized carbons (Fsp3) is 0.389. The summed E-state index contributed by atoms with van der Waals surface area (Å²) in [5, 5.41) is 3.66. The molecule has 1 unspecified atom stereocenters. The van der Waals surface area contributed by atoms with Gasteiger partial charge in [-0.25, -0.2) is 4.79 Å². The first kappa shape index (κ1) is 20.3. The minimum Gasteiger partial charge on any atom is -0.462 e. The molecule has 29 heavy (non-hydrogen) atoms. The van der Waals surface area contributed by atoms with Gasteiger partial charge in [0.05, 0.1) is 6.04 Å². The Morgan fingerprint density at radius 3 is 2.83 bits per heavy atom. The number of esters is 1. The molecule has 0 amide bonds. The van der Waals surface area contributed by atoms with Crippen LogP contribution in [0.25, 0.3) is 10.4 Å². The van der Waals surface area contributed by atoms with Crippen LogP contribution in [0.5, 0.6) is 0 Å². The van der Waals surface area contributed by atoms with Gasteiger partial charge in [-0.3, -0.25) is 19.1 Å². The topological polar surface area (TPSA) is 165 Å². The number of hydrogen-bond donors (Lipinski definition) is 2. The average Bonchev–Trinajstić information content (AvgIpc) is 3.09. The monoisotopic (exact) mass is 400 g/mol. The molecule has 0 aliphatic carbocycles. The van der Waals surface area contributed by atoms with E-state index in [1.54, 1.807) is 0 Å². The first-order chi connectivity index (χ1) is 14.0. The number of ether oxygens (including phenoxy) is 2. The molecule has 0 saturated carbocycles. The molecule has 2 heterocycles. The van der Waals surface area contributed by atoms with Crippen molar-refractivity contribution in [3.05, 3.63) is 79.4 Å². The number of H-pyrrole nitrogens is 1. The number of aromatic amines is 1. The predicted octanol–water partition coefficient (Wildman–Crippen LogP) is 0.616. The maximum Gasteiger partial charge on any atom is 0.330 e. The van der Waals surface area contributed by atoms with Gasteiger partial charge in [0, 0.05) is 23.6 Å². The number of hydrogen-bond acceptors (Lipinski definition) is 7. The maximum atomic E-state index is 12.2. The average molecular weight is 400 g/mol. The molecule has 1 fully saturated rings. The summed E-state index contributed by atoms with van der Waals surface area (Å²) >= 11 is 0. The van der Waals surface area contributed by atoms with E-state index in [9.17, 15) is 14.4 Å². The van der Waals surface area contributed by atoms with E-state index in [4.69, 9.17) is 20.7 Å². The summed E-state index contributed by atoms with van der Waals surface area (Å²) in [5.74, 6) is -0.609. The van der Waals surface area contributed by atoms with Gasteiger partial charge in [0.15, 0.2) is 0 Å². The van der Waals surface area contributed by atoms with Crippen molar-refractivity contribution in [1.29, 1.82) is 0 Å². The van der Waals surface area contributed by atoms with E-state index in [0.717, 1.165) is 5.56 Å². The van der Waals surface area contributed by atoms with Gasteiger partial charge in [-0.15, -0.1) is 0 Å². The Balaban J connectivity index is 1.62. The standard InChI is InChI=1S/C18H20N6O5/c19-12(8-11-4-2-1-3-5-11)17(26)28-10-14-13(22-23-20)9-16(29-14)24-7-6-15(25)21-18(24)27/h1-7,12-14,16H,8-10,19H2,(H,21,25,27)/t12-,13?,14-,16-/m0/s1. The Morgan fingerprint density at radius 1 is 1.38 bits per heavy atom. The summed E-state index contributed by atoms with van der Waals surface area (Å²) in [6.07, 6.45) is 0.289. The van der Waals surface area contributed by atoms with Crippen LogP contribution in [0, 0.1) is 0 Å². The Hall–Kier alpha value is -3.40. The lowest BCUT2D eigenvalue weighted by atomic mass is 10.1. The Kier molecular flexibility index (Phi) is 6.45. The van der Waals surface area contributed by atoms with Crippen LogP contribution in [0.4, 0.5) is 0 Å². The minimum absolute atomic E-state index is 0.181. The van der Waals surface area contributed by atoms with E-state index in [1.807, 2.05) is 30.3 Å². The largest absolute Gasteiger partial charge is 0.462 e. The summed E-state index contributed by atoms with van der Waals surface area (Å²) in [6.45, 7) is -0.181. The number of rotatable bonds is 7. The molecule has 3 N–H and O–H groups in total. The summed E-state index contributed by atoms with van der Waals surface area (Å²) in [4.78, 5) is 40.3. The SMILES string of the molecule is [N-]=[N+]=NC1C[C@@H](n2ccc(=O)[nH]c2=O)O[C@H]1COC(=O)[C@@H](N)Cc1ccccc1. The van der Waals surface area contributed by atoms with Crippen LogP contribution in [0.3, 0.4) is 0 Å². The van der Waals surface area contributed by atoms with Crippen LogP contribution in [0.1, 0.15) is 18.2 Å². The number of nitrogens with two attached hydrogens (primary N) is 1.